The van der Waals surface area contributed by atoms with E-state index in [-0.39, 0.29) is 0 Å². The summed E-state index contributed by atoms with van der Waals surface area (Å²) < 4.78 is 5.03. The molecule has 2 aliphatic heterocycles. The Balaban J connectivity index is 0.974. The van der Waals surface area contributed by atoms with Crippen molar-refractivity contribution in [3.05, 3.63) is 132 Å². The van der Waals surface area contributed by atoms with Gasteiger partial charge in [0.15, 0.2) is 0 Å². The van der Waals surface area contributed by atoms with Gasteiger partial charge in [0, 0.05) is 49.1 Å². The molecule has 0 aliphatic carbocycles. The van der Waals surface area contributed by atoms with E-state index in [1.54, 1.807) is 0 Å². The Hall–Kier alpha value is -6.14. The molecule has 0 radical (unpaired) electrons. The average molecular weight is 763 g/mol. The van der Waals surface area contributed by atoms with Crippen LogP contribution in [0.1, 0.15) is 50.7 Å². The summed E-state index contributed by atoms with van der Waals surface area (Å²) in [5, 5.41) is 23.4. The summed E-state index contributed by atoms with van der Waals surface area (Å²) in [5.41, 5.74) is 15.6. The fraction of sp³-hybridized carbons (Fsp3) is 0.269. The van der Waals surface area contributed by atoms with Crippen molar-refractivity contribution in [1.29, 1.82) is 0 Å². The predicted molar refractivity (Wildman–Crippen MR) is 245 cm³/mol. The number of para-hydroxylation sites is 2. The van der Waals surface area contributed by atoms with E-state index >= 15 is 0 Å². The van der Waals surface area contributed by atoms with Crippen LogP contribution in [0.2, 0.25) is 0 Å². The second kappa shape index (κ2) is 15.7. The molecule has 290 valence electrons. The minimum absolute atomic E-state index is 0.900. The molecule has 0 saturated heterocycles. The summed E-state index contributed by atoms with van der Waals surface area (Å²) in [5.74, 6) is 0. The maximum atomic E-state index is 3.91. The van der Waals surface area contributed by atoms with E-state index in [9.17, 15) is 0 Å². The number of aryl methyl sites for hydroxylation is 4. The van der Waals surface area contributed by atoms with Gasteiger partial charge in [-0.1, -0.05) is 72.8 Å². The van der Waals surface area contributed by atoms with Gasteiger partial charge in [0.1, 0.15) is 13.1 Å². The van der Waals surface area contributed by atoms with Gasteiger partial charge < -0.3 is 21.3 Å². The Morgan fingerprint density at radius 2 is 0.759 bits per heavy atom. The largest absolute Gasteiger partial charge is 0.383 e. The fourth-order valence-corrected chi connectivity index (χ4v) is 10.0. The van der Waals surface area contributed by atoms with Gasteiger partial charge in [0.2, 0.25) is 22.4 Å². The first-order chi connectivity index (χ1) is 28.7. The third-order valence-electron chi connectivity index (χ3n) is 12.7. The lowest BCUT2D eigenvalue weighted by Crippen LogP contribution is -2.36. The van der Waals surface area contributed by atoms with E-state index in [0.29, 0.717) is 0 Å². The predicted octanol–water partition coefficient (Wildman–Crippen LogP) is 11.3. The summed E-state index contributed by atoms with van der Waals surface area (Å²) in [7, 11) is 0. The third kappa shape index (κ3) is 6.17. The van der Waals surface area contributed by atoms with E-state index in [2.05, 4.69) is 166 Å². The standard InChI is InChI=1S/C52H52N6/c1-3-57-45-25-13-11-21-39(45)37-19-7-9-23-41(37)51(57)43-29-27-35(47-49(43)55-33-15-31-53-47)17-5-6-18-36-28-30-44(50-48(36)54-32-16-34-56-50)52-42-24-10-8-20-38(42)40-22-12-14-26-46(40)58(52)4-2/h7-14,19-30,53-54H,3-6,15-18,31-34H2,1-2H3/p+2. The zero-order chi connectivity index (χ0) is 39.0. The minimum Gasteiger partial charge on any atom is -0.383 e. The number of aromatic nitrogens is 2. The second-order valence-corrected chi connectivity index (χ2v) is 16.0. The third-order valence-corrected chi connectivity index (χ3v) is 12.7. The molecule has 10 rings (SSSR count). The molecule has 6 nitrogen and oxygen atoms in total. The maximum absolute atomic E-state index is 3.91. The van der Waals surface area contributed by atoms with Crippen LogP contribution in [0.4, 0.5) is 22.7 Å². The van der Waals surface area contributed by atoms with E-state index in [1.165, 1.54) is 99.7 Å². The summed E-state index contributed by atoms with van der Waals surface area (Å²) in [4.78, 5) is 0. The van der Waals surface area contributed by atoms with Crippen LogP contribution < -0.4 is 30.4 Å². The Labute approximate surface area is 341 Å². The molecule has 0 saturated carbocycles. The molecule has 0 bridgehead atoms. The molecule has 4 N–H and O–H groups in total. The molecule has 0 fully saturated rings. The first-order valence-electron chi connectivity index (χ1n) is 21.7. The lowest BCUT2D eigenvalue weighted by molar-refractivity contribution is -0.655. The number of hydrogen-bond donors (Lipinski definition) is 4. The van der Waals surface area contributed by atoms with Crippen molar-refractivity contribution in [1.82, 2.24) is 0 Å². The van der Waals surface area contributed by atoms with Gasteiger partial charge in [0.25, 0.3) is 0 Å². The first-order valence-corrected chi connectivity index (χ1v) is 21.7. The van der Waals surface area contributed by atoms with Crippen molar-refractivity contribution in [2.45, 2.75) is 65.5 Å². The molecule has 0 atom stereocenters. The highest BCUT2D eigenvalue weighted by atomic mass is 15.0. The van der Waals surface area contributed by atoms with Gasteiger partial charge in [-0.25, -0.2) is 0 Å². The number of unbranched alkanes of at least 4 members (excludes halogenated alkanes) is 1. The SMILES string of the molecule is CC[n+]1c(-c2ccc(CCCCc3ccc(-c4c5ccccc5c5ccccc5[n+]4CC)c4c3NCCCN4)c3c2NCCCN3)c2ccccc2c2ccccc21. The van der Waals surface area contributed by atoms with Gasteiger partial charge in [-0.15, -0.1) is 0 Å². The van der Waals surface area contributed by atoms with Crippen molar-refractivity contribution in [3.63, 3.8) is 0 Å². The summed E-state index contributed by atoms with van der Waals surface area (Å²) in [6.45, 7) is 10.2. The maximum Gasteiger partial charge on any atom is 0.223 e. The summed E-state index contributed by atoms with van der Waals surface area (Å²) in [6, 6.07) is 45.2. The molecular formula is C52H54N6+2. The Morgan fingerprint density at radius 3 is 1.17 bits per heavy atom. The van der Waals surface area contributed by atoms with Gasteiger partial charge in [0.05, 0.1) is 55.4 Å². The van der Waals surface area contributed by atoms with Crippen LogP contribution in [0.3, 0.4) is 0 Å². The van der Waals surface area contributed by atoms with Gasteiger partial charge in [-0.3, -0.25) is 0 Å². The molecule has 2 aromatic heterocycles. The van der Waals surface area contributed by atoms with Crippen LogP contribution in [-0.2, 0) is 25.9 Å². The van der Waals surface area contributed by atoms with Crippen LogP contribution in [0.5, 0.6) is 0 Å². The Kier molecular flexibility index (Phi) is 9.78. The van der Waals surface area contributed by atoms with Crippen LogP contribution in [0, 0.1) is 0 Å². The molecule has 0 amide bonds. The van der Waals surface area contributed by atoms with E-state index < -0.39 is 0 Å². The molecule has 0 spiro atoms. The number of nitrogens with one attached hydrogen (secondary N) is 4. The highest BCUT2D eigenvalue weighted by Crippen LogP contribution is 2.43. The van der Waals surface area contributed by atoms with Crippen LogP contribution >= 0.6 is 0 Å². The van der Waals surface area contributed by atoms with Crippen LogP contribution in [-0.4, -0.2) is 26.2 Å². The number of benzene rings is 6. The summed E-state index contributed by atoms with van der Waals surface area (Å²) >= 11 is 0. The van der Waals surface area contributed by atoms with Gasteiger partial charge in [-0.2, -0.15) is 9.13 Å². The number of fused-ring (bicyclic) bond motifs is 8. The lowest BCUT2D eigenvalue weighted by Gasteiger charge is -2.20. The second-order valence-electron chi connectivity index (χ2n) is 16.0. The zero-order valence-electron chi connectivity index (χ0n) is 33.9. The van der Waals surface area contributed by atoms with E-state index in [1.807, 2.05) is 0 Å². The quantitative estimate of drug-likeness (QED) is 0.0672. The van der Waals surface area contributed by atoms with Crippen LogP contribution in [0.15, 0.2) is 121 Å². The Bertz CT molecular complexity index is 2650. The van der Waals surface area contributed by atoms with Crippen molar-refractivity contribution in [3.8, 4) is 22.5 Å². The van der Waals surface area contributed by atoms with Crippen molar-refractivity contribution >= 4 is 66.1 Å². The van der Waals surface area contributed by atoms with Crippen molar-refractivity contribution in [2.75, 3.05) is 47.4 Å². The fourth-order valence-electron chi connectivity index (χ4n) is 10.0. The molecule has 8 aromatic rings. The summed E-state index contributed by atoms with van der Waals surface area (Å²) in [6.07, 6.45) is 6.50. The number of nitrogens with zero attached hydrogens (tertiary/aromatic N) is 2. The number of pyridine rings is 2. The van der Waals surface area contributed by atoms with Crippen molar-refractivity contribution < 1.29 is 9.13 Å². The number of rotatable bonds is 9. The highest BCUT2D eigenvalue weighted by molar-refractivity contribution is 6.11. The van der Waals surface area contributed by atoms with Gasteiger partial charge >= 0.3 is 0 Å². The topological polar surface area (TPSA) is 55.9 Å². The smallest absolute Gasteiger partial charge is 0.223 e. The molecule has 2 aliphatic rings. The monoisotopic (exact) mass is 762 g/mol. The molecule has 6 aromatic carbocycles. The molecule has 6 heteroatoms. The highest BCUT2D eigenvalue weighted by Gasteiger charge is 2.29. The molecule has 58 heavy (non-hydrogen) atoms. The van der Waals surface area contributed by atoms with Crippen LogP contribution in [0.25, 0.3) is 65.9 Å². The van der Waals surface area contributed by atoms with E-state index in [0.717, 1.165) is 77.8 Å². The Morgan fingerprint density at radius 1 is 0.397 bits per heavy atom. The number of anilines is 4. The zero-order valence-corrected chi connectivity index (χ0v) is 33.9. The first kappa shape index (κ1) is 36.2. The average Bonchev–Trinajstić information content (AvgIpc) is 3.70. The van der Waals surface area contributed by atoms with Gasteiger partial charge in [-0.05, 0) is 99.9 Å². The lowest BCUT2D eigenvalue weighted by atomic mass is 9.93. The van der Waals surface area contributed by atoms with Crippen molar-refractivity contribution in [2.24, 2.45) is 0 Å². The molecule has 0 unspecified atom stereocenters. The minimum atomic E-state index is 0.900. The molecular weight excluding hydrogens is 709 g/mol. The normalized spacial score (nSPS) is 13.9. The molecule has 4 heterocycles. The van der Waals surface area contributed by atoms with E-state index in [4.69, 9.17) is 0 Å². The number of hydrogen-bond acceptors (Lipinski definition) is 4.